The number of nitrogens with one attached hydrogen (secondary N) is 1. The van der Waals surface area contributed by atoms with E-state index in [-0.39, 0.29) is 5.92 Å². The number of aromatic nitrogens is 5. The average Bonchev–Trinajstić information content (AvgIpc) is 2.97. The van der Waals surface area contributed by atoms with Crippen molar-refractivity contribution >= 4 is 40.2 Å². The van der Waals surface area contributed by atoms with Crippen molar-refractivity contribution in [2.45, 2.75) is 17.3 Å². The van der Waals surface area contributed by atoms with Gasteiger partial charge in [0.25, 0.3) is 0 Å². The van der Waals surface area contributed by atoms with Gasteiger partial charge in [0.1, 0.15) is 10.7 Å². The van der Waals surface area contributed by atoms with Crippen molar-refractivity contribution in [2.24, 2.45) is 5.92 Å². The van der Waals surface area contributed by atoms with Crippen molar-refractivity contribution in [3.05, 3.63) is 42.2 Å². The smallest absolute Gasteiger partial charge is 0.184 e. The molecule has 2 heterocycles. The van der Waals surface area contributed by atoms with E-state index in [9.17, 15) is 0 Å². The first-order chi connectivity index (χ1) is 11.1. The molecule has 6 nitrogen and oxygen atoms in total. The average molecular weight is 349 g/mol. The van der Waals surface area contributed by atoms with Crippen LogP contribution in [0, 0.1) is 5.92 Å². The highest BCUT2D eigenvalue weighted by Crippen LogP contribution is 2.52. The lowest BCUT2D eigenvalue weighted by Gasteiger charge is -2.06. The van der Waals surface area contributed by atoms with Crippen LogP contribution in [0.2, 0.25) is 0 Å². The second kappa shape index (κ2) is 5.62. The Balaban J connectivity index is 1.56. The summed E-state index contributed by atoms with van der Waals surface area (Å²) in [6.45, 7) is 1.27. The summed E-state index contributed by atoms with van der Waals surface area (Å²) < 4.78 is 1.16. The van der Waals surface area contributed by atoms with Crippen LogP contribution in [0.25, 0.3) is 11.2 Å². The summed E-state index contributed by atoms with van der Waals surface area (Å²) in [6.07, 6.45) is 2.30. The Labute approximate surface area is 142 Å². The lowest BCUT2D eigenvalue weighted by Crippen LogP contribution is -2.09. The topological polar surface area (TPSA) is 68.5 Å². The van der Waals surface area contributed by atoms with E-state index in [1.807, 2.05) is 30.3 Å². The van der Waals surface area contributed by atoms with Gasteiger partial charge in [-0.05, 0) is 12.0 Å². The van der Waals surface area contributed by atoms with Crippen molar-refractivity contribution < 1.29 is 0 Å². The Hall–Kier alpha value is -1.92. The molecule has 1 atom stereocenters. The van der Waals surface area contributed by atoms with Gasteiger partial charge in [-0.1, -0.05) is 35.5 Å². The maximum Gasteiger partial charge on any atom is 0.184 e. The Kier molecular flexibility index (Phi) is 3.58. The van der Waals surface area contributed by atoms with E-state index < -0.39 is 4.33 Å². The first kappa shape index (κ1) is 14.7. The predicted octanol–water partition coefficient (Wildman–Crippen LogP) is 2.88. The first-order valence-electron chi connectivity index (χ1n) is 7.33. The van der Waals surface area contributed by atoms with E-state index in [1.54, 1.807) is 4.68 Å². The molecule has 2 aromatic heterocycles. The molecule has 0 spiro atoms. The third kappa shape index (κ3) is 2.96. The molecular formula is C15H14Cl2N6. The summed E-state index contributed by atoms with van der Waals surface area (Å²) in [5.41, 5.74) is 2.49. The number of hydrogen-bond acceptors (Lipinski definition) is 5. The van der Waals surface area contributed by atoms with E-state index in [1.165, 1.54) is 6.33 Å². The Morgan fingerprint density at radius 3 is 2.74 bits per heavy atom. The van der Waals surface area contributed by atoms with Crippen molar-refractivity contribution in [1.29, 1.82) is 0 Å². The monoisotopic (exact) mass is 348 g/mol. The molecule has 0 saturated heterocycles. The van der Waals surface area contributed by atoms with Gasteiger partial charge in [0, 0.05) is 12.5 Å². The molecule has 1 N–H and O–H groups in total. The first-order valence-corrected chi connectivity index (χ1v) is 8.09. The fraction of sp³-hybridized carbons (Fsp3) is 0.333. The maximum atomic E-state index is 6.05. The number of nitrogens with zero attached hydrogens (tertiary/aromatic N) is 5. The Morgan fingerprint density at radius 2 is 2.00 bits per heavy atom. The van der Waals surface area contributed by atoms with E-state index in [2.05, 4.69) is 25.6 Å². The minimum atomic E-state index is -0.607. The van der Waals surface area contributed by atoms with Crippen molar-refractivity contribution in [3.63, 3.8) is 0 Å². The molecule has 0 amide bonds. The lowest BCUT2D eigenvalue weighted by molar-refractivity contribution is 0.664. The third-order valence-corrected chi connectivity index (χ3v) is 4.87. The van der Waals surface area contributed by atoms with E-state index in [4.69, 9.17) is 23.2 Å². The Morgan fingerprint density at radius 1 is 1.22 bits per heavy atom. The standard InChI is InChI=1S/C15H14Cl2N6/c16-15(17)6-11(15)7-18-13-12-14(20-9-19-13)23(22-21-12)8-10-4-2-1-3-5-10/h1-5,9,11H,6-8H2,(H,18,19,20). The van der Waals surface area contributed by atoms with Crippen LogP contribution in [-0.2, 0) is 6.54 Å². The van der Waals surface area contributed by atoms with Crippen LogP contribution in [0.3, 0.4) is 0 Å². The molecule has 118 valence electrons. The molecule has 1 aliphatic carbocycles. The number of hydrogen-bond donors (Lipinski definition) is 1. The van der Waals surface area contributed by atoms with Crippen LogP contribution in [-0.4, -0.2) is 35.8 Å². The maximum absolute atomic E-state index is 6.05. The lowest BCUT2D eigenvalue weighted by atomic mass is 10.2. The fourth-order valence-corrected chi connectivity index (χ4v) is 3.02. The number of fused-ring (bicyclic) bond motifs is 1. The molecule has 0 radical (unpaired) electrons. The highest BCUT2D eigenvalue weighted by atomic mass is 35.5. The zero-order chi connectivity index (χ0) is 15.9. The van der Waals surface area contributed by atoms with Gasteiger partial charge in [-0.15, -0.1) is 28.3 Å². The number of halogens is 2. The van der Waals surface area contributed by atoms with Gasteiger partial charge in [-0.3, -0.25) is 0 Å². The van der Waals surface area contributed by atoms with Crippen LogP contribution >= 0.6 is 23.2 Å². The summed E-state index contributed by atoms with van der Waals surface area (Å²) in [6, 6.07) is 10.1. The van der Waals surface area contributed by atoms with E-state index in [0.717, 1.165) is 12.0 Å². The zero-order valence-corrected chi connectivity index (χ0v) is 13.7. The van der Waals surface area contributed by atoms with Gasteiger partial charge in [-0.2, -0.15) is 0 Å². The minimum Gasteiger partial charge on any atom is -0.368 e. The molecule has 3 aromatic rings. The molecule has 1 aliphatic rings. The quantitative estimate of drug-likeness (QED) is 0.718. The van der Waals surface area contributed by atoms with Crippen molar-refractivity contribution in [1.82, 2.24) is 25.0 Å². The molecule has 8 heteroatoms. The number of rotatable bonds is 5. The summed E-state index contributed by atoms with van der Waals surface area (Å²) in [4.78, 5) is 8.55. The summed E-state index contributed by atoms with van der Waals surface area (Å²) in [5, 5.41) is 11.7. The van der Waals surface area contributed by atoms with Gasteiger partial charge in [0.05, 0.1) is 6.54 Å². The fourth-order valence-electron chi connectivity index (χ4n) is 2.49. The molecule has 1 fully saturated rings. The molecule has 0 aliphatic heterocycles. The molecular weight excluding hydrogens is 335 g/mol. The third-order valence-electron chi connectivity index (χ3n) is 3.95. The summed E-state index contributed by atoms with van der Waals surface area (Å²) in [7, 11) is 0. The molecule has 0 bridgehead atoms. The molecule has 1 unspecified atom stereocenters. The molecule has 4 rings (SSSR count). The van der Waals surface area contributed by atoms with E-state index >= 15 is 0 Å². The van der Waals surface area contributed by atoms with Gasteiger partial charge in [0.2, 0.25) is 0 Å². The zero-order valence-electron chi connectivity index (χ0n) is 12.2. The minimum absolute atomic E-state index is 0.232. The molecule has 1 saturated carbocycles. The van der Waals surface area contributed by atoms with Crippen LogP contribution in [0.5, 0.6) is 0 Å². The van der Waals surface area contributed by atoms with Crippen LogP contribution in [0.4, 0.5) is 5.82 Å². The SMILES string of the molecule is ClC1(Cl)CC1CNc1ncnc2c1nnn2Cc1ccccc1. The summed E-state index contributed by atoms with van der Waals surface area (Å²) >= 11 is 12.1. The highest BCUT2D eigenvalue weighted by Gasteiger charge is 2.51. The predicted molar refractivity (Wildman–Crippen MR) is 89.7 cm³/mol. The van der Waals surface area contributed by atoms with E-state index in [0.29, 0.717) is 30.1 Å². The number of anilines is 1. The molecule has 1 aromatic carbocycles. The second-order valence-corrected chi connectivity index (χ2v) is 7.21. The van der Waals surface area contributed by atoms with Crippen molar-refractivity contribution in [2.75, 3.05) is 11.9 Å². The van der Waals surface area contributed by atoms with Crippen LogP contribution in [0.1, 0.15) is 12.0 Å². The normalized spacial score (nSPS) is 19.0. The summed E-state index contributed by atoms with van der Waals surface area (Å²) in [5.74, 6) is 0.889. The molecule has 23 heavy (non-hydrogen) atoms. The van der Waals surface area contributed by atoms with Crippen molar-refractivity contribution in [3.8, 4) is 0 Å². The Bertz CT molecular complexity index is 832. The van der Waals surface area contributed by atoms with Gasteiger partial charge >= 0.3 is 0 Å². The highest BCUT2D eigenvalue weighted by molar-refractivity contribution is 6.50. The largest absolute Gasteiger partial charge is 0.368 e. The van der Waals surface area contributed by atoms with Crippen LogP contribution in [0.15, 0.2) is 36.7 Å². The number of benzene rings is 1. The van der Waals surface area contributed by atoms with Crippen LogP contribution < -0.4 is 5.32 Å². The van der Waals surface area contributed by atoms with Gasteiger partial charge in [0.15, 0.2) is 17.0 Å². The van der Waals surface area contributed by atoms with Gasteiger partial charge in [-0.25, -0.2) is 14.6 Å². The number of alkyl halides is 2. The van der Waals surface area contributed by atoms with Gasteiger partial charge < -0.3 is 5.32 Å². The second-order valence-electron chi connectivity index (χ2n) is 5.67.